The van der Waals surface area contributed by atoms with Crippen molar-refractivity contribution in [3.63, 3.8) is 0 Å². The highest BCUT2D eigenvalue weighted by Crippen LogP contribution is 2.15. The first-order valence-corrected chi connectivity index (χ1v) is 8.04. The summed E-state index contributed by atoms with van der Waals surface area (Å²) in [5.74, 6) is 1.01. The minimum absolute atomic E-state index is 0.0461. The summed E-state index contributed by atoms with van der Waals surface area (Å²) in [6.07, 6.45) is 0. The molecule has 2 rings (SSSR count). The lowest BCUT2D eigenvalue weighted by atomic mass is 10.4. The number of ether oxygens (including phenoxy) is 1. The molecule has 1 aliphatic heterocycles. The number of aromatic amines is 1. The van der Waals surface area contributed by atoms with Crippen LogP contribution in [-0.4, -0.2) is 58.1 Å². The summed E-state index contributed by atoms with van der Waals surface area (Å²) in [6, 6.07) is 0. The van der Waals surface area contributed by atoms with Gasteiger partial charge in [-0.25, -0.2) is 9.79 Å². The topological polar surface area (TPSA) is 106 Å². The van der Waals surface area contributed by atoms with Crippen LogP contribution in [0.5, 0.6) is 0 Å². The summed E-state index contributed by atoms with van der Waals surface area (Å²) in [4.78, 5) is 32.4. The quantitative estimate of drug-likeness (QED) is 0.584. The second-order valence-electron chi connectivity index (χ2n) is 4.99. The molecule has 2 heterocycles. The van der Waals surface area contributed by atoms with E-state index < -0.39 is 11.2 Å². The molecule has 122 valence electrons. The Morgan fingerprint density at radius 2 is 2.09 bits per heavy atom. The van der Waals surface area contributed by atoms with Crippen LogP contribution in [0.15, 0.2) is 14.6 Å². The smallest absolute Gasteiger partial charge is 0.329 e. The van der Waals surface area contributed by atoms with Gasteiger partial charge in [-0.05, 0) is 6.92 Å². The van der Waals surface area contributed by atoms with Gasteiger partial charge in [0.05, 0.1) is 18.3 Å². The highest BCUT2D eigenvalue weighted by molar-refractivity contribution is 8.13. The van der Waals surface area contributed by atoms with Crippen LogP contribution in [0.2, 0.25) is 0 Å². The third kappa shape index (κ3) is 4.21. The molecule has 0 atom stereocenters. The van der Waals surface area contributed by atoms with Crippen LogP contribution in [0, 0.1) is 0 Å². The van der Waals surface area contributed by atoms with E-state index in [9.17, 15) is 9.59 Å². The predicted octanol–water partition coefficient (Wildman–Crippen LogP) is -0.229. The Bertz CT molecular complexity index is 661. The van der Waals surface area contributed by atoms with E-state index in [-0.39, 0.29) is 11.5 Å². The number of nitrogens with zero attached hydrogens (tertiary/aromatic N) is 3. The SMILES string of the molecule is CC(=Nc1[nH]c(=O)n(C)c(=O)c1N)SCCN1CCOCC1. The molecule has 0 aromatic carbocycles. The highest BCUT2D eigenvalue weighted by Gasteiger charge is 2.11. The summed E-state index contributed by atoms with van der Waals surface area (Å²) in [5.41, 5.74) is 4.60. The molecule has 9 heteroatoms. The van der Waals surface area contributed by atoms with Crippen LogP contribution in [0.25, 0.3) is 0 Å². The second kappa shape index (κ2) is 7.61. The van der Waals surface area contributed by atoms with E-state index in [0.29, 0.717) is 0 Å². The van der Waals surface area contributed by atoms with E-state index in [1.807, 2.05) is 6.92 Å². The van der Waals surface area contributed by atoms with E-state index in [1.165, 1.54) is 7.05 Å². The second-order valence-corrected chi connectivity index (χ2v) is 6.28. The van der Waals surface area contributed by atoms with Gasteiger partial charge in [-0.2, -0.15) is 0 Å². The maximum absolute atomic E-state index is 11.7. The normalized spacial score (nSPS) is 16.9. The Kier molecular flexibility index (Phi) is 5.81. The number of rotatable bonds is 4. The zero-order valence-corrected chi connectivity index (χ0v) is 13.6. The summed E-state index contributed by atoms with van der Waals surface area (Å²) >= 11 is 1.57. The maximum atomic E-state index is 11.7. The van der Waals surface area contributed by atoms with Crippen LogP contribution < -0.4 is 17.0 Å². The van der Waals surface area contributed by atoms with Crippen molar-refractivity contribution < 1.29 is 4.74 Å². The van der Waals surface area contributed by atoms with Crippen molar-refractivity contribution in [2.45, 2.75) is 6.92 Å². The molecule has 3 N–H and O–H groups in total. The fourth-order valence-electron chi connectivity index (χ4n) is 2.05. The lowest BCUT2D eigenvalue weighted by Crippen LogP contribution is -2.37. The predicted molar refractivity (Wildman–Crippen MR) is 89.2 cm³/mol. The van der Waals surface area contributed by atoms with E-state index in [1.54, 1.807) is 11.8 Å². The van der Waals surface area contributed by atoms with Crippen molar-refractivity contribution in [3.8, 4) is 0 Å². The van der Waals surface area contributed by atoms with Gasteiger partial charge in [0, 0.05) is 32.4 Å². The number of thioether (sulfide) groups is 1. The largest absolute Gasteiger partial charge is 0.391 e. The first kappa shape index (κ1) is 16.8. The van der Waals surface area contributed by atoms with Crippen molar-refractivity contribution >= 4 is 28.3 Å². The van der Waals surface area contributed by atoms with E-state index in [0.717, 1.165) is 48.2 Å². The van der Waals surface area contributed by atoms with Gasteiger partial charge >= 0.3 is 5.69 Å². The molecule has 1 aromatic heterocycles. The van der Waals surface area contributed by atoms with Gasteiger partial charge < -0.3 is 10.5 Å². The van der Waals surface area contributed by atoms with Gasteiger partial charge in [-0.1, -0.05) is 0 Å². The molecule has 0 unspecified atom stereocenters. The molecular formula is C13H21N5O3S. The third-order valence-electron chi connectivity index (χ3n) is 3.41. The summed E-state index contributed by atoms with van der Waals surface area (Å²) < 4.78 is 6.23. The van der Waals surface area contributed by atoms with E-state index in [2.05, 4.69) is 14.9 Å². The zero-order valence-electron chi connectivity index (χ0n) is 12.8. The standard InChI is InChI=1S/C13H21N5O3S/c1-9(22-8-5-18-3-6-21-7-4-18)15-11-10(14)12(19)17(2)13(20)16-11/h3-8,14H2,1-2H3,(H,16,20). The minimum Gasteiger partial charge on any atom is -0.391 e. The van der Waals surface area contributed by atoms with Crippen LogP contribution in [0.3, 0.4) is 0 Å². The first-order valence-electron chi connectivity index (χ1n) is 7.06. The van der Waals surface area contributed by atoms with E-state index in [4.69, 9.17) is 10.5 Å². The highest BCUT2D eigenvalue weighted by atomic mass is 32.2. The Balaban J connectivity index is 1.97. The molecule has 0 radical (unpaired) electrons. The van der Waals surface area contributed by atoms with Crippen LogP contribution >= 0.6 is 11.8 Å². The zero-order chi connectivity index (χ0) is 16.1. The van der Waals surface area contributed by atoms with Gasteiger partial charge in [0.2, 0.25) is 0 Å². The summed E-state index contributed by atoms with van der Waals surface area (Å²) in [6.45, 7) is 6.24. The van der Waals surface area contributed by atoms with Crippen molar-refractivity contribution in [3.05, 3.63) is 20.8 Å². The number of nitrogen functional groups attached to an aromatic ring is 1. The number of nitrogens with one attached hydrogen (secondary N) is 1. The van der Waals surface area contributed by atoms with Crippen LogP contribution in [0.1, 0.15) is 6.92 Å². The monoisotopic (exact) mass is 327 g/mol. The number of H-pyrrole nitrogens is 1. The lowest BCUT2D eigenvalue weighted by Gasteiger charge is -2.26. The Morgan fingerprint density at radius 1 is 1.41 bits per heavy atom. The summed E-state index contributed by atoms with van der Waals surface area (Å²) in [5, 5.41) is 0.754. The number of aromatic nitrogens is 2. The van der Waals surface area contributed by atoms with Crippen molar-refractivity contribution in [2.24, 2.45) is 12.0 Å². The Labute approximate surface area is 132 Å². The molecule has 1 aliphatic rings. The number of hydrogen-bond donors (Lipinski definition) is 2. The molecule has 1 aromatic rings. The van der Waals surface area contributed by atoms with E-state index >= 15 is 0 Å². The Morgan fingerprint density at radius 3 is 2.77 bits per heavy atom. The molecule has 0 spiro atoms. The van der Waals surface area contributed by atoms with Crippen molar-refractivity contribution in [1.29, 1.82) is 0 Å². The molecule has 0 aliphatic carbocycles. The average Bonchev–Trinajstić information content (AvgIpc) is 2.51. The van der Waals surface area contributed by atoms with Gasteiger partial charge in [0.15, 0.2) is 5.82 Å². The molecule has 1 saturated heterocycles. The number of nitrogens with two attached hydrogens (primary N) is 1. The molecule has 1 fully saturated rings. The molecule has 0 bridgehead atoms. The lowest BCUT2D eigenvalue weighted by molar-refractivity contribution is 0.0410. The maximum Gasteiger partial charge on any atom is 0.329 e. The number of aliphatic imine (C=N–C) groups is 1. The van der Waals surface area contributed by atoms with Crippen LogP contribution in [0.4, 0.5) is 11.5 Å². The number of anilines is 1. The van der Waals surface area contributed by atoms with Crippen molar-refractivity contribution in [2.75, 3.05) is 44.3 Å². The number of morpholine rings is 1. The fourth-order valence-corrected chi connectivity index (χ4v) is 2.85. The average molecular weight is 327 g/mol. The molecule has 22 heavy (non-hydrogen) atoms. The Hall–Kier alpha value is -1.58. The third-order valence-corrected chi connectivity index (χ3v) is 4.31. The van der Waals surface area contributed by atoms with Gasteiger partial charge in [0.25, 0.3) is 5.56 Å². The van der Waals surface area contributed by atoms with Gasteiger partial charge in [-0.3, -0.25) is 19.2 Å². The van der Waals surface area contributed by atoms with Gasteiger partial charge in [-0.15, -0.1) is 11.8 Å². The molecule has 0 amide bonds. The van der Waals surface area contributed by atoms with Crippen LogP contribution in [-0.2, 0) is 11.8 Å². The summed E-state index contributed by atoms with van der Waals surface area (Å²) in [7, 11) is 1.37. The molecular weight excluding hydrogens is 306 g/mol. The van der Waals surface area contributed by atoms with Crippen molar-refractivity contribution in [1.82, 2.24) is 14.5 Å². The fraction of sp³-hybridized carbons (Fsp3) is 0.615. The molecule has 0 saturated carbocycles. The minimum atomic E-state index is -0.534. The number of hydrogen-bond acceptors (Lipinski definition) is 7. The first-order chi connectivity index (χ1) is 10.5. The van der Waals surface area contributed by atoms with Gasteiger partial charge in [0.1, 0.15) is 5.69 Å². The molecule has 8 nitrogen and oxygen atoms in total.